The van der Waals surface area contributed by atoms with E-state index in [1.807, 2.05) is 0 Å². The average molecular weight is 372 g/mol. The molecule has 0 aromatic heterocycles. The molecule has 1 amide bonds. The Morgan fingerprint density at radius 2 is 1.76 bits per heavy atom. The normalized spacial score (nSPS) is 15.7. The van der Waals surface area contributed by atoms with Gasteiger partial charge in [-0.1, -0.05) is 23.7 Å². The third-order valence-electron chi connectivity index (χ3n) is 4.32. The van der Waals surface area contributed by atoms with Crippen LogP contribution in [-0.2, 0) is 22.9 Å². The summed E-state index contributed by atoms with van der Waals surface area (Å²) in [5.74, 6) is -1.27. The largest absolute Gasteiger partial charge is 0.416 e. The minimum atomic E-state index is -4.64. The monoisotopic (exact) mass is 371 g/mol. The standard InChI is InChI=1S/C18H14ClF4NO/c19-14-3-1-12(2-4-14)17(5-6-17)16(25)24-10-11-7-13(18(21,22)23)9-15(20)8-11/h1-4,7-9H,5-6,10H2,(H,24,25). The maximum absolute atomic E-state index is 13.4. The van der Waals surface area contributed by atoms with Crippen molar-refractivity contribution in [3.05, 3.63) is 70.0 Å². The fourth-order valence-corrected chi connectivity index (χ4v) is 2.93. The molecule has 0 heterocycles. The van der Waals surface area contributed by atoms with Gasteiger partial charge in [0, 0.05) is 11.6 Å². The van der Waals surface area contributed by atoms with E-state index >= 15 is 0 Å². The van der Waals surface area contributed by atoms with Crippen LogP contribution >= 0.6 is 11.6 Å². The number of carbonyl (C=O) groups is 1. The highest BCUT2D eigenvalue weighted by Crippen LogP contribution is 2.48. The molecule has 1 aliphatic carbocycles. The Balaban J connectivity index is 1.73. The maximum Gasteiger partial charge on any atom is 0.416 e. The van der Waals surface area contributed by atoms with Gasteiger partial charge in [-0.2, -0.15) is 13.2 Å². The van der Waals surface area contributed by atoms with Crippen molar-refractivity contribution in [2.75, 3.05) is 0 Å². The molecule has 1 N–H and O–H groups in total. The van der Waals surface area contributed by atoms with E-state index in [-0.39, 0.29) is 18.0 Å². The van der Waals surface area contributed by atoms with E-state index in [2.05, 4.69) is 5.32 Å². The molecule has 2 aromatic rings. The van der Waals surface area contributed by atoms with Gasteiger partial charge in [0.1, 0.15) is 5.82 Å². The van der Waals surface area contributed by atoms with E-state index in [1.54, 1.807) is 24.3 Å². The predicted molar refractivity (Wildman–Crippen MR) is 85.6 cm³/mol. The first-order valence-electron chi connectivity index (χ1n) is 7.62. The van der Waals surface area contributed by atoms with Crippen LogP contribution in [0.3, 0.4) is 0 Å². The molecule has 0 saturated heterocycles. The highest BCUT2D eigenvalue weighted by molar-refractivity contribution is 6.30. The minimum Gasteiger partial charge on any atom is -0.351 e. The van der Waals surface area contributed by atoms with Crippen LogP contribution in [0.1, 0.15) is 29.5 Å². The van der Waals surface area contributed by atoms with Gasteiger partial charge in [0.15, 0.2) is 0 Å². The predicted octanol–water partition coefficient (Wildman–Crippen LogP) is 4.85. The summed E-state index contributed by atoms with van der Waals surface area (Å²) in [6.07, 6.45) is -3.34. The lowest BCUT2D eigenvalue weighted by Crippen LogP contribution is -2.34. The molecule has 0 spiro atoms. The number of hydrogen-bond donors (Lipinski definition) is 1. The summed E-state index contributed by atoms with van der Waals surface area (Å²) in [6.45, 7) is -0.172. The Labute approximate surface area is 146 Å². The zero-order valence-electron chi connectivity index (χ0n) is 13.0. The summed E-state index contributed by atoms with van der Waals surface area (Å²) >= 11 is 5.84. The smallest absolute Gasteiger partial charge is 0.351 e. The highest BCUT2D eigenvalue weighted by Gasteiger charge is 2.51. The molecule has 1 aliphatic rings. The molecular weight excluding hydrogens is 358 g/mol. The molecular formula is C18H14ClF4NO. The van der Waals surface area contributed by atoms with Gasteiger partial charge in [0.2, 0.25) is 5.91 Å². The summed E-state index contributed by atoms with van der Waals surface area (Å²) in [6, 6.07) is 9.15. The number of nitrogens with one attached hydrogen (secondary N) is 1. The lowest BCUT2D eigenvalue weighted by molar-refractivity contribution is -0.137. The van der Waals surface area contributed by atoms with Crippen molar-refractivity contribution in [3.63, 3.8) is 0 Å². The molecule has 0 radical (unpaired) electrons. The fraction of sp³-hybridized carbons (Fsp3) is 0.278. The van der Waals surface area contributed by atoms with Crippen molar-refractivity contribution in [2.45, 2.75) is 31.0 Å². The highest BCUT2D eigenvalue weighted by atomic mass is 35.5. The number of halogens is 5. The third-order valence-corrected chi connectivity index (χ3v) is 4.57. The molecule has 2 aromatic carbocycles. The summed E-state index contributed by atoms with van der Waals surface area (Å²) < 4.78 is 51.6. The first-order valence-corrected chi connectivity index (χ1v) is 7.99. The molecule has 2 nitrogen and oxygen atoms in total. The van der Waals surface area contributed by atoms with Gasteiger partial charge in [-0.05, 0) is 54.3 Å². The summed E-state index contributed by atoms with van der Waals surface area (Å²) in [5.41, 5.74) is -0.877. The van der Waals surface area contributed by atoms with Crippen LogP contribution in [0.2, 0.25) is 5.02 Å². The van der Waals surface area contributed by atoms with Crippen LogP contribution in [0.5, 0.6) is 0 Å². The summed E-state index contributed by atoms with van der Waals surface area (Å²) in [7, 11) is 0. The topological polar surface area (TPSA) is 29.1 Å². The lowest BCUT2D eigenvalue weighted by Gasteiger charge is -2.16. The minimum absolute atomic E-state index is 0.0626. The molecule has 1 saturated carbocycles. The average Bonchev–Trinajstić information content (AvgIpc) is 3.34. The van der Waals surface area contributed by atoms with E-state index in [1.165, 1.54) is 0 Å². The molecule has 0 aliphatic heterocycles. The van der Waals surface area contributed by atoms with Gasteiger partial charge in [-0.3, -0.25) is 4.79 Å². The second-order valence-electron chi connectivity index (χ2n) is 6.12. The van der Waals surface area contributed by atoms with E-state index in [9.17, 15) is 22.4 Å². The van der Waals surface area contributed by atoms with Crippen LogP contribution in [-0.4, -0.2) is 5.91 Å². The Kier molecular flexibility index (Phi) is 4.49. The van der Waals surface area contributed by atoms with E-state index in [0.717, 1.165) is 17.7 Å². The molecule has 0 atom stereocenters. The second kappa shape index (κ2) is 6.33. The Morgan fingerprint density at radius 1 is 1.12 bits per heavy atom. The Morgan fingerprint density at radius 3 is 2.32 bits per heavy atom. The molecule has 3 rings (SSSR count). The van der Waals surface area contributed by atoms with Gasteiger partial charge in [-0.25, -0.2) is 4.39 Å². The molecule has 0 unspecified atom stereocenters. The van der Waals surface area contributed by atoms with E-state index in [0.29, 0.717) is 23.9 Å². The van der Waals surface area contributed by atoms with Crippen LogP contribution in [0.25, 0.3) is 0 Å². The van der Waals surface area contributed by atoms with Crippen LogP contribution < -0.4 is 5.32 Å². The summed E-state index contributed by atoms with van der Waals surface area (Å²) in [5, 5.41) is 3.17. The SMILES string of the molecule is O=C(NCc1cc(F)cc(C(F)(F)F)c1)C1(c2ccc(Cl)cc2)CC1. The zero-order chi connectivity index (χ0) is 18.2. The van der Waals surface area contributed by atoms with Crippen molar-refractivity contribution >= 4 is 17.5 Å². The van der Waals surface area contributed by atoms with Gasteiger partial charge in [0.25, 0.3) is 0 Å². The van der Waals surface area contributed by atoms with Crippen molar-refractivity contribution in [1.82, 2.24) is 5.32 Å². The number of benzene rings is 2. The van der Waals surface area contributed by atoms with Gasteiger partial charge < -0.3 is 5.32 Å². The van der Waals surface area contributed by atoms with Crippen molar-refractivity contribution < 1.29 is 22.4 Å². The van der Waals surface area contributed by atoms with E-state index in [4.69, 9.17) is 11.6 Å². The van der Waals surface area contributed by atoms with Crippen molar-refractivity contribution in [1.29, 1.82) is 0 Å². The van der Waals surface area contributed by atoms with Gasteiger partial charge >= 0.3 is 6.18 Å². The third kappa shape index (κ3) is 3.79. The number of rotatable bonds is 4. The Bertz CT molecular complexity index is 798. The molecule has 0 bridgehead atoms. The molecule has 132 valence electrons. The lowest BCUT2D eigenvalue weighted by atomic mass is 9.95. The van der Waals surface area contributed by atoms with Crippen LogP contribution in [0.4, 0.5) is 17.6 Å². The molecule has 25 heavy (non-hydrogen) atoms. The zero-order valence-corrected chi connectivity index (χ0v) is 13.7. The number of carbonyl (C=O) groups excluding carboxylic acids is 1. The number of amides is 1. The fourth-order valence-electron chi connectivity index (χ4n) is 2.81. The Hall–Kier alpha value is -2.08. The van der Waals surface area contributed by atoms with Crippen molar-refractivity contribution in [2.24, 2.45) is 0 Å². The number of hydrogen-bond acceptors (Lipinski definition) is 1. The first kappa shape index (κ1) is 17.7. The quantitative estimate of drug-likeness (QED) is 0.765. The molecule has 1 fully saturated rings. The van der Waals surface area contributed by atoms with Crippen LogP contribution in [0, 0.1) is 5.82 Å². The van der Waals surface area contributed by atoms with Gasteiger partial charge in [-0.15, -0.1) is 0 Å². The van der Waals surface area contributed by atoms with Gasteiger partial charge in [0.05, 0.1) is 11.0 Å². The number of alkyl halides is 3. The summed E-state index contributed by atoms with van der Waals surface area (Å²) in [4.78, 5) is 12.5. The van der Waals surface area contributed by atoms with Crippen LogP contribution in [0.15, 0.2) is 42.5 Å². The second-order valence-corrected chi connectivity index (χ2v) is 6.55. The van der Waals surface area contributed by atoms with E-state index < -0.39 is 23.0 Å². The van der Waals surface area contributed by atoms with Crippen molar-refractivity contribution in [3.8, 4) is 0 Å². The maximum atomic E-state index is 13.4. The molecule has 7 heteroatoms. The first-order chi connectivity index (χ1) is 11.7.